The fourth-order valence-corrected chi connectivity index (χ4v) is 3.98. The Balaban J connectivity index is 1.65. The van der Waals surface area contributed by atoms with Crippen molar-refractivity contribution in [3.8, 4) is 11.4 Å². The summed E-state index contributed by atoms with van der Waals surface area (Å²) in [5.41, 5.74) is 1.91. The Bertz CT molecular complexity index is 1070. The Kier molecular flexibility index (Phi) is 9.64. The quantitative estimate of drug-likeness (QED) is 0.421. The number of ether oxygens (including phenoxy) is 1. The number of aryl methyl sites for hydroxylation is 1. The first-order chi connectivity index (χ1) is 17.2. The van der Waals surface area contributed by atoms with Crippen molar-refractivity contribution in [3.05, 3.63) is 46.7 Å². The molecule has 0 aliphatic carbocycles. The van der Waals surface area contributed by atoms with Crippen LogP contribution in [0.3, 0.4) is 0 Å². The van der Waals surface area contributed by atoms with Crippen LogP contribution in [0.5, 0.6) is 0 Å². The lowest BCUT2D eigenvalue weighted by Gasteiger charge is -2.36. The molecule has 0 saturated carbocycles. The molecule has 9 nitrogen and oxygen atoms in total. The van der Waals surface area contributed by atoms with Gasteiger partial charge < -0.3 is 19.9 Å². The van der Waals surface area contributed by atoms with E-state index in [1.807, 2.05) is 52.0 Å². The van der Waals surface area contributed by atoms with E-state index >= 15 is 0 Å². The molecule has 3 amide bonds. The highest BCUT2D eigenvalue weighted by molar-refractivity contribution is 6.29. The summed E-state index contributed by atoms with van der Waals surface area (Å²) >= 11 is 6.19. The zero-order valence-corrected chi connectivity index (χ0v) is 22.0. The van der Waals surface area contributed by atoms with Crippen LogP contribution < -0.4 is 5.32 Å². The molecule has 36 heavy (non-hydrogen) atoms. The fourth-order valence-electron chi connectivity index (χ4n) is 3.80. The lowest BCUT2D eigenvalue weighted by molar-refractivity contribution is -0.135. The molecule has 10 heteroatoms. The molecule has 0 radical (unpaired) electrons. The van der Waals surface area contributed by atoms with Crippen molar-refractivity contribution in [1.29, 1.82) is 0 Å². The largest absolute Gasteiger partial charge is 0.449 e. The number of halogens is 1. The van der Waals surface area contributed by atoms with Crippen LogP contribution in [0.15, 0.2) is 30.3 Å². The maximum absolute atomic E-state index is 13.3. The van der Waals surface area contributed by atoms with E-state index in [9.17, 15) is 14.4 Å². The van der Waals surface area contributed by atoms with E-state index in [1.54, 1.807) is 9.80 Å². The van der Waals surface area contributed by atoms with Crippen LogP contribution in [-0.4, -0.2) is 76.5 Å². The summed E-state index contributed by atoms with van der Waals surface area (Å²) < 4.78 is 5.27. The van der Waals surface area contributed by atoms with Crippen LogP contribution >= 0.6 is 11.6 Å². The van der Waals surface area contributed by atoms with Crippen LogP contribution in [0.4, 0.5) is 4.79 Å². The Hall–Kier alpha value is -3.20. The predicted octanol–water partition coefficient (Wildman–Crippen LogP) is 3.94. The van der Waals surface area contributed by atoms with E-state index in [0.717, 1.165) is 24.0 Å². The second-order valence-corrected chi connectivity index (χ2v) is 9.63. The van der Waals surface area contributed by atoms with Gasteiger partial charge in [-0.1, -0.05) is 68.6 Å². The molecular formula is C26H34ClN5O4. The van der Waals surface area contributed by atoms with Gasteiger partial charge >= 0.3 is 6.09 Å². The summed E-state index contributed by atoms with van der Waals surface area (Å²) in [6, 6.07) is 8.22. The highest BCUT2D eigenvalue weighted by Gasteiger charge is 2.32. The van der Waals surface area contributed by atoms with Gasteiger partial charge in [0.1, 0.15) is 16.9 Å². The third-order valence-corrected chi connectivity index (χ3v) is 6.22. The second-order valence-electron chi connectivity index (χ2n) is 9.24. The molecule has 1 aliphatic heterocycles. The number of nitrogens with zero attached hydrogens (tertiary/aromatic N) is 4. The number of hydrogen-bond acceptors (Lipinski definition) is 6. The average Bonchev–Trinajstić information content (AvgIpc) is 2.86. The molecule has 3 rings (SSSR count). The molecule has 1 aliphatic rings. The van der Waals surface area contributed by atoms with Crippen molar-refractivity contribution >= 4 is 29.5 Å². The van der Waals surface area contributed by atoms with E-state index in [2.05, 4.69) is 15.3 Å². The summed E-state index contributed by atoms with van der Waals surface area (Å²) in [7, 11) is 0. The first kappa shape index (κ1) is 27.4. The maximum Gasteiger partial charge on any atom is 0.409 e. The minimum absolute atomic E-state index is 0.0867. The molecule has 0 bridgehead atoms. The summed E-state index contributed by atoms with van der Waals surface area (Å²) in [6.45, 7) is 9.66. The van der Waals surface area contributed by atoms with Crippen molar-refractivity contribution < 1.29 is 19.1 Å². The average molecular weight is 516 g/mol. The molecule has 1 atom stereocenters. The molecule has 1 N–H and O–H groups in total. The van der Waals surface area contributed by atoms with Gasteiger partial charge in [0.05, 0.1) is 6.61 Å². The van der Waals surface area contributed by atoms with Gasteiger partial charge in [0.25, 0.3) is 5.91 Å². The van der Waals surface area contributed by atoms with Gasteiger partial charge in [0.2, 0.25) is 5.91 Å². The molecule has 0 spiro atoms. The van der Waals surface area contributed by atoms with Gasteiger partial charge in [0, 0.05) is 37.8 Å². The number of hydrogen-bond donors (Lipinski definition) is 1. The van der Waals surface area contributed by atoms with Crippen molar-refractivity contribution in [2.24, 2.45) is 5.92 Å². The zero-order valence-electron chi connectivity index (χ0n) is 21.3. The molecule has 194 valence electrons. The minimum Gasteiger partial charge on any atom is -0.449 e. The number of benzene rings is 1. The predicted molar refractivity (Wildman–Crippen MR) is 138 cm³/mol. The van der Waals surface area contributed by atoms with E-state index in [0.29, 0.717) is 38.6 Å². The van der Waals surface area contributed by atoms with Gasteiger partial charge in [-0.2, -0.15) is 0 Å². The molecule has 0 unspecified atom stereocenters. The topological polar surface area (TPSA) is 105 Å². The first-order valence-electron chi connectivity index (χ1n) is 12.3. The molecule has 1 fully saturated rings. The van der Waals surface area contributed by atoms with E-state index < -0.39 is 11.9 Å². The third-order valence-electron chi connectivity index (χ3n) is 6.03. The lowest BCUT2D eigenvalue weighted by atomic mass is 10.0. The lowest BCUT2D eigenvalue weighted by Crippen LogP contribution is -2.57. The number of amides is 3. The highest BCUT2D eigenvalue weighted by Crippen LogP contribution is 2.19. The van der Waals surface area contributed by atoms with E-state index in [1.165, 1.54) is 6.07 Å². The molecular weight excluding hydrogens is 482 g/mol. The van der Waals surface area contributed by atoms with Crippen molar-refractivity contribution in [3.63, 3.8) is 0 Å². The highest BCUT2D eigenvalue weighted by atomic mass is 35.5. The van der Waals surface area contributed by atoms with Gasteiger partial charge in [-0.15, -0.1) is 0 Å². The van der Waals surface area contributed by atoms with Gasteiger partial charge in [-0.05, 0) is 19.3 Å². The fraction of sp³-hybridized carbons (Fsp3) is 0.500. The maximum atomic E-state index is 13.3. The van der Waals surface area contributed by atoms with E-state index in [4.69, 9.17) is 16.3 Å². The van der Waals surface area contributed by atoms with Gasteiger partial charge in [-0.25, -0.2) is 14.8 Å². The van der Waals surface area contributed by atoms with Crippen molar-refractivity contribution in [2.75, 3.05) is 32.8 Å². The third kappa shape index (κ3) is 7.16. The Morgan fingerprint density at radius 2 is 1.69 bits per heavy atom. The Morgan fingerprint density at radius 1 is 1.06 bits per heavy atom. The number of nitrogens with one attached hydrogen (secondary N) is 1. The number of rotatable bonds is 8. The number of piperazine rings is 1. The summed E-state index contributed by atoms with van der Waals surface area (Å²) in [5, 5.41) is 2.97. The van der Waals surface area contributed by atoms with Crippen LogP contribution in [0.2, 0.25) is 5.15 Å². The Labute approximate surface area is 217 Å². The van der Waals surface area contributed by atoms with Gasteiger partial charge in [-0.3, -0.25) is 9.59 Å². The molecule has 1 aromatic heterocycles. The SMILES string of the molecule is CCCCOC(=O)N1CCN(C(=O)[C@@H](NC(=O)c2cc(Cl)nc(-c3ccc(C)cc3)n2)C(C)C)CC1. The summed E-state index contributed by atoms with van der Waals surface area (Å²) in [6.07, 6.45) is 1.42. The van der Waals surface area contributed by atoms with Crippen LogP contribution in [0, 0.1) is 12.8 Å². The standard InChI is InChI=1S/C26H34ClN5O4/c1-5-6-15-36-26(35)32-13-11-31(12-14-32)25(34)22(17(2)3)30-24(33)20-16-21(27)29-23(28-20)19-9-7-18(4)8-10-19/h7-10,16-17,22H,5-6,11-15H2,1-4H3,(H,30,33)/t22-/m0/s1. The first-order valence-corrected chi connectivity index (χ1v) is 12.7. The van der Waals surface area contributed by atoms with Crippen molar-refractivity contribution in [2.45, 2.75) is 46.6 Å². The number of carbonyl (C=O) groups is 3. The summed E-state index contributed by atoms with van der Waals surface area (Å²) in [4.78, 5) is 50.5. The minimum atomic E-state index is -0.753. The zero-order chi connectivity index (χ0) is 26.2. The van der Waals surface area contributed by atoms with Crippen LogP contribution in [-0.2, 0) is 9.53 Å². The van der Waals surface area contributed by atoms with E-state index in [-0.39, 0.29) is 28.8 Å². The van der Waals surface area contributed by atoms with Crippen molar-refractivity contribution in [1.82, 2.24) is 25.1 Å². The normalized spacial score (nSPS) is 14.5. The molecule has 2 heterocycles. The smallest absolute Gasteiger partial charge is 0.409 e. The monoisotopic (exact) mass is 515 g/mol. The van der Waals surface area contributed by atoms with Crippen LogP contribution in [0.25, 0.3) is 11.4 Å². The second kappa shape index (κ2) is 12.7. The Morgan fingerprint density at radius 3 is 2.31 bits per heavy atom. The molecule has 2 aromatic rings. The van der Waals surface area contributed by atoms with Gasteiger partial charge in [0.15, 0.2) is 5.82 Å². The summed E-state index contributed by atoms with van der Waals surface area (Å²) in [5.74, 6) is -0.525. The number of unbranched alkanes of at least 4 members (excludes halogenated alkanes) is 1. The van der Waals surface area contributed by atoms with Crippen LogP contribution in [0.1, 0.15) is 49.7 Å². The molecule has 1 saturated heterocycles. The molecule has 1 aromatic carbocycles. The number of carbonyl (C=O) groups excluding carboxylic acids is 3. The number of aromatic nitrogens is 2.